The number of hydrogen-bond acceptors (Lipinski definition) is 5. The van der Waals surface area contributed by atoms with E-state index in [0.717, 1.165) is 0 Å². The summed E-state index contributed by atoms with van der Waals surface area (Å²) in [6.45, 7) is 0.708. The fourth-order valence-electron chi connectivity index (χ4n) is 2.07. The Morgan fingerprint density at radius 3 is 2.85 bits per heavy atom. The lowest BCUT2D eigenvalue weighted by Gasteiger charge is -2.33. The van der Waals surface area contributed by atoms with Crippen LogP contribution in [-0.2, 0) is 9.53 Å². The van der Waals surface area contributed by atoms with Gasteiger partial charge in [0.1, 0.15) is 6.04 Å². The molecule has 1 saturated heterocycles. The van der Waals surface area contributed by atoms with Gasteiger partial charge in [-0.2, -0.15) is 0 Å². The summed E-state index contributed by atoms with van der Waals surface area (Å²) in [6.07, 6.45) is 0. The van der Waals surface area contributed by atoms with Crippen molar-refractivity contribution in [2.45, 2.75) is 6.04 Å². The van der Waals surface area contributed by atoms with Gasteiger partial charge in [-0.15, -0.1) is 0 Å². The molecule has 7 heteroatoms. The Morgan fingerprint density at radius 1 is 1.50 bits per heavy atom. The molecule has 1 fully saturated rings. The monoisotopic (exact) mass is 280 g/mol. The number of nitrogens with two attached hydrogens (primary N) is 1. The van der Waals surface area contributed by atoms with Crippen molar-refractivity contribution in [3.8, 4) is 11.5 Å². The average Bonchev–Trinajstić information content (AvgIpc) is 2.46. The number of methoxy groups -OCH3 is 1. The number of nitrogens with zero attached hydrogens (tertiary/aromatic N) is 1. The predicted octanol–water partition coefficient (Wildman–Crippen LogP) is -0.273. The lowest BCUT2D eigenvalue weighted by Crippen LogP contribution is -2.54. The van der Waals surface area contributed by atoms with Crippen molar-refractivity contribution in [3.63, 3.8) is 0 Å². The van der Waals surface area contributed by atoms with Gasteiger partial charge in [0.25, 0.3) is 5.91 Å². The molecule has 1 aromatic carbocycles. The summed E-state index contributed by atoms with van der Waals surface area (Å²) >= 11 is 0. The smallest absolute Gasteiger partial charge is 0.254 e. The van der Waals surface area contributed by atoms with Gasteiger partial charge < -0.3 is 25.2 Å². The van der Waals surface area contributed by atoms with Crippen molar-refractivity contribution in [3.05, 3.63) is 23.8 Å². The van der Waals surface area contributed by atoms with Crippen LogP contribution in [0.1, 0.15) is 10.4 Å². The van der Waals surface area contributed by atoms with Crippen LogP contribution < -0.4 is 10.5 Å². The van der Waals surface area contributed by atoms with Gasteiger partial charge in [-0.05, 0) is 18.2 Å². The van der Waals surface area contributed by atoms with Crippen LogP contribution in [0.25, 0.3) is 0 Å². The lowest BCUT2D eigenvalue weighted by molar-refractivity contribution is -0.127. The Balaban J connectivity index is 2.25. The summed E-state index contributed by atoms with van der Waals surface area (Å²) < 4.78 is 10.1. The number of morpholine rings is 1. The van der Waals surface area contributed by atoms with E-state index < -0.39 is 11.9 Å². The highest BCUT2D eigenvalue weighted by atomic mass is 16.5. The molecule has 0 bridgehead atoms. The van der Waals surface area contributed by atoms with Crippen LogP contribution in [0.15, 0.2) is 18.2 Å². The van der Waals surface area contributed by atoms with Gasteiger partial charge in [0.2, 0.25) is 5.91 Å². The number of ether oxygens (including phenoxy) is 2. The number of primary amides is 1. The highest BCUT2D eigenvalue weighted by Crippen LogP contribution is 2.27. The molecule has 1 aliphatic rings. The van der Waals surface area contributed by atoms with Gasteiger partial charge in [0.15, 0.2) is 11.5 Å². The van der Waals surface area contributed by atoms with Crippen molar-refractivity contribution >= 4 is 11.8 Å². The number of phenols is 1. The fraction of sp³-hybridized carbons (Fsp3) is 0.385. The molecule has 108 valence electrons. The first-order valence-corrected chi connectivity index (χ1v) is 6.09. The van der Waals surface area contributed by atoms with Gasteiger partial charge >= 0.3 is 0 Å². The van der Waals surface area contributed by atoms with Gasteiger partial charge in [-0.1, -0.05) is 0 Å². The van der Waals surface area contributed by atoms with E-state index >= 15 is 0 Å². The minimum absolute atomic E-state index is 0.0865. The number of hydrogen-bond donors (Lipinski definition) is 2. The fourth-order valence-corrected chi connectivity index (χ4v) is 2.07. The molecular formula is C13H16N2O5. The van der Waals surface area contributed by atoms with Gasteiger partial charge in [0.05, 0.1) is 20.3 Å². The first-order chi connectivity index (χ1) is 9.54. The highest BCUT2D eigenvalue weighted by molar-refractivity contribution is 5.98. The van der Waals surface area contributed by atoms with Gasteiger partial charge in [0, 0.05) is 12.1 Å². The second-order valence-corrected chi connectivity index (χ2v) is 4.38. The Kier molecular flexibility index (Phi) is 4.09. The van der Waals surface area contributed by atoms with E-state index in [1.807, 2.05) is 0 Å². The Morgan fingerprint density at radius 2 is 2.25 bits per heavy atom. The van der Waals surface area contributed by atoms with Gasteiger partial charge in [-0.25, -0.2) is 0 Å². The molecule has 2 rings (SSSR count). The lowest BCUT2D eigenvalue weighted by atomic mass is 10.1. The minimum atomic E-state index is -0.791. The standard InChI is InChI=1S/C13H16N2O5/c1-19-11-3-2-8(6-10(11)16)13(18)15-4-5-20-7-9(15)12(14)17/h2-3,6,9,16H,4-5,7H2,1H3,(H2,14,17). The molecule has 1 unspecified atom stereocenters. The molecule has 0 radical (unpaired) electrons. The zero-order valence-corrected chi connectivity index (χ0v) is 11.0. The molecule has 0 aromatic heterocycles. The molecule has 1 atom stereocenters. The van der Waals surface area contributed by atoms with Crippen LogP contribution in [0.3, 0.4) is 0 Å². The van der Waals surface area contributed by atoms with Crippen LogP contribution in [0.4, 0.5) is 0 Å². The van der Waals surface area contributed by atoms with E-state index in [1.54, 1.807) is 0 Å². The van der Waals surface area contributed by atoms with Crippen LogP contribution in [-0.4, -0.2) is 54.7 Å². The van der Waals surface area contributed by atoms with E-state index in [1.165, 1.54) is 30.2 Å². The van der Waals surface area contributed by atoms with E-state index in [2.05, 4.69) is 0 Å². The summed E-state index contributed by atoms with van der Waals surface area (Å²) in [5.74, 6) is -0.858. The van der Waals surface area contributed by atoms with Crippen molar-refractivity contribution in [2.24, 2.45) is 5.73 Å². The summed E-state index contributed by atoms with van der Waals surface area (Å²) in [5, 5.41) is 9.70. The zero-order chi connectivity index (χ0) is 14.7. The molecule has 3 N–H and O–H groups in total. The average molecular weight is 280 g/mol. The van der Waals surface area contributed by atoms with E-state index in [4.69, 9.17) is 15.2 Å². The summed E-state index contributed by atoms with van der Waals surface area (Å²) in [7, 11) is 1.42. The molecule has 0 aliphatic carbocycles. The van der Waals surface area contributed by atoms with Gasteiger partial charge in [-0.3, -0.25) is 9.59 Å². The Bertz CT molecular complexity index is 531. The largest absolute Gasteiger partial charge is 0.504 e. The number of benzene rings is 1. The van der Waals surface area contributed by atoms with Crippen molar-refractivity contribution in [1.82, 2.24) is 4.90 Å². The molecular weight excluding hydrogens is 264 g/mol. The topological polar surface area (TPSA) is 102 Å². The maximum atomic E-state index is 12.4. The third kappa shape index (κ3) is 2.67. The summed E-state index contributed by atoms with van der Waals surface area (Å²) in [6, 6.07) is 3.52. The molecule has 7 nitrogen and oxygen atoms in total. The highest BCUT2D eigenvalue weighted by Gasteiger charge is 2.32. The second kappa shape index (κ2) is 5.79. The maximum Gasteiger partial charge on any atom is 0.254 e. The van der Waals surface area contributed by atoms with Crippen molar-refractivity contribution in [1.29, 1.82) is 0 Å². The Hall–Kier alpha value is -2.28. The third-order valence-corrected chi connectivity index (χ3v) is 3.14. The molecule has 1 aromatic rings. The first-order valence-electron chi connectivity index (χ1n) is 6.09. The van der Waals surface area contributed by atoms with Crippen molar-refractivity contribution < 1.29 is 24.2 Å². The zero-order valence-electron chi connectivity index (χ0n) is 11.0. The molecule has 0 saturated carbocycles. The molecule has 20 heavy (non-hydrogen) atoms. The van der Waals surface area contributed by atoms with Crippen LogP contribution in [0.5, 0.6) is 11.5 Å². The predicted molar refractivity (Wildman–Crippen MR) is 69.5 cm³/mol. The first kappa shape index (κ1) is 14.1. The molecule has 2 amide bonds. The van der Waals surface area contributed by atoms with Crippen LogP contribution in [0, 0.1) is 0 Å². The van der Waals surface area contributed by atoms with Crippen LogP contribution >= 0.6 is 0 Å². The number of rotatable bonds is 3. The number of carbonyl (C=O) groups is 2. The van der Waals surface area contributed by atoms with E-state index in [-0.39, 0.29) is 36.1 Å². The van der Waals surface area contributed by atoms with E-state index in [9.17, 15) is 14.7 Å². The number of amides is 2. The number of aromatic hydroxyl groups is 1. The minimum Gasteiger partial charge on any atom is -0.504 e. The summed E-state index contributed by atoms with van der Waals surface area (Å²) in [4.78, 5) is 25.1. The Labute approximate surface area is 115 Å². The number of carbonyl (C=O) groups excluding carboxylic acids is 2. The maximum absolute atomic E-state index is 12.4. The molecule has 1 aliphatic heterocycles. The van der Waals surface area contributed by atoms with E-state index in [0.29, 0.717) is 6.61 Å². The van der Waals surface area contributed by atoms with Crippen molar-refractivity contribution in [2.75, 3.05) is 26.9 Å². The normalized spacial score (nSPS) is 18.6. The second-order valence-electron chi connectivity index (χ2n) is 4.38. The van der Waals surface area contributed by atoms with Crippen LogP contribution in [0.2, 0.25) is 0 Å². The third-order valence-electron chi connectivity index (χ3n) is 3.14. The summed E-state index contributed by atoms with van der Waals surface area (Å²) in [5.41, 5.74) is 5.53. The quantitative estimate of drug-likeness (QED) is 0.793. The molecule has 1 heterocycles. The SMILES string of the molecule is COc1ccc(C(=O)N2CCOCC2C(N)=O)cc1O. The number of phenolic OH excluding ortho intramolecular Hbond substituents is 1. The molecule has 0 spiro atoms.